The predicted octanol–water partition coefficient (Wildman–Crippen LogP) is 1.78. The van der Waals surface area contributed by atoms with E-state index >= 15 is 0 Å². The van der Waals surface area contributed by atoms with Crippen LogP contribution in [0.1, 0.15) is 21.0 Å². The molecule has 0 bridgehead atoms. The second-order valence-corrected chi connectivity index (χ2v) is 4.30. The number of fused-ring (bicyclic) bond motifs is 5. The zero-order valence-electron chi connectivity index (χ0n) is 9.70. The number of hydrogen-bond donors (Lipinski definition) is 0. The van der Waals surface area contributed by atoms with Crippen molar-refractivity contribution >= 4 is 17.2 Å². The van der Waals surface area contributed by atoms with Crippen molar-refractivity contribution in [3.8, 4) is 11.3 Å². The molecule has 0 fully saturated rings. The number of rotatable bonds is 0. The van der Waals surface area contributed by atoms with E-state index < -0.39 is 11.6 Å². The van der Waals surface area contributed by atoms with Crippen molar-refractivity contribution in [1.29, 1.82) is 0 Å². The summed E-state index contributed by atoms with van der Waals surface area (Å²) in [7, 11) is 0. The standard InChI is InChI=1S/C14H7N3O2/c18-13-11-8(4-3-6-15-11)10-12(14(13)19)17-7-2-1-5-9(17)16-10/h1-7H. The third kappa shape index (κ3) is 1.18. The highest BCUT2D eigenvalue weighted by atomic mass is 16.2. The van der Waals surface area contributed by atoms with Gasteiger partial charge in [-0.15, -0.1) is 0 Å². The van der Waals surface area contributed by atoms with Gasteiger partial charge < -0.3 is 0 Å². The van der Waals surface area contributed by atoms with Gasteiger partial charge in [0.1, 0.15) is 22.7 Å². The first-order valence-corrected chi connectivity index (χ1v) is 5.79. The van der Waals surface area contributed by atoms with Crippen LogP contribution in [0.25, 0.3) is 16.9 Å². The minimum absolute atomic E-state index is 0.184. The lowest BCUT2D eigenvalue weighted by atomic mass is 9.94. The maximum absolute atomic E-state index is 12.2. The molecule has 5 heteroatoms. The molecule has 3 aromatic rings. The molecule has 0 saturated carbocycles. The van der Waals surface area contributed by atoms with E-state index in [9.17, 15) is 9.59 Å². The first kappa shape index (κ1) is 10.1. The van der Waals surface area contributed by atoms with Crippen LogP contribution in [0.4, 0.5) is 0 Å². The van der Waals surface area contributed by atoms with E-state index in [1.54, 1.807) is 34.9 Å². The molecule has 1 aliphatic carbocycles. The van der Waals surface area contributed by atoms with Gasteiger partial charge in [0.05, 0.1) is 0 Å². The van der Waals surface area contributed by atoms with E-state index in [1.807, 2.05) is 6.07 Å². The highest BCUT2D eigenvalue weighted by Crippen LogP contribution is 2.32. The largest absolute Gasteiger partial charge is 0.296 e. The Hall–Kier alpha value is -2.82. The first-order valence-electron chi connectivity index (χ1n) is 5.79. The SMILES string of the molecule is O=C1C(=O)c2c(nc3ccccn23)-c2cccnc21. The normalized spacial score (nSPS) is 13.5. The third-order valence-corrected chi connectivity index (χ3v) is 3.23. The molecule has 0 aromatic carbocycles. The van der Waals surface area contributed by atoms with Crippen LogP contribution in [0.2, 0.25) is 0 Å². The Labute approximate surface area is 107 Å². The van der Waals surface area contributed by atoms with E-state index in [0.717, 1.165) is 0 Å². The van der Waals surface area contributed by atoms with Crippen molar-refractivity contribution in [2.45, 2.75) is 0 Å². The van der Waals surface area contributed by atoms with Crippen LogP contribution in [0.3, 0.4) is 0 Å². The molecule has 0 unspecified atom stereocenters. The minimum atomic E-state index is -0.575. The zero-order chi connectivity index (χ0) is 13.0. The average Bonchev–Trinajstić information content (AvgIpc) is 2.84. The molecule has 0 N–H and O–H groups in total. The molecule has 0 aliphatic heterocycles. The van der Waals surface area contributed by atoms with Crippen LogP contribution in [0.5, 0.6) is 0 Å². The molecule has 19 heavy (non-hydrogen) atoms. The van der Waals surface area contributed by atoms with Crippen molar-refractivity contribution in [1.82, 2.24) is 14.4 Å². The molecule has 0 radical (unpaired) electrons. The smallest absolute Gasteiger partial charge is 0.254 e. The summed E-state index contributed by atoms with van der Waals surface area (Å²) in [5.74, 6) is -1.13. The summed E-state index contributed by atoms with van der Waals surface area (Å²) in [6.07, 6.45) is 3.23. The summed E-state index contributed by atoms with van der Waals surface area (Å²) in [4.78, 5) is 32.7. The lowest BCUT2D eigenvalue weighted by molar-refractivity contribution is 0.0809. The lowest BCUT2D eigenvalue weighted by Gasteiger charge is -2.12. The number of carbonyl (C=O) groups is 2. The van der Waals surface area contributed by atoms with Gasteiger partial charge in [-0.05, 0) is 24.3 Å². The average molecular weight is 249 g/mol. The van der Waals surface area contributed by atoms with Crippen LogP contribution < -0.4 is 0 Å². The fourth-order valence-corrected chi connectivity index (χ4v) is 2.39. The van der Waals surface area contributed by atoms with E-state index in [1.165, 1.54) is 6.20 Å². The van der Waals surface area contributed by atoms with E-state index in [2.05, 4.69) is 9.97 Å². The Kier molecular flexibility index (Phi) is 1.79. The first-order chi connectivity index (χ1) is 9.27. The van der Waals surface area contributed by atoms with Gasteiger partial charge in [0.2, 0.25) is 0 Å². The second-order valence-electron chi connectivity index (χ2n) is 4.30. The molecule has 0 saturated heterocycles. The van der Waals surface area contributed by atoms with E-state index in [-0.39, 0.29) is 5.69 Å². The van der Waals surface area contributed by atoms with Gasteiger partial charge in [0.25, 0.3) is 11.6 Å². The zero-order valence-corrected chi connectivity index (χ0v) is 9.70. The summed E-state index contributed by atoms with van der Waals surface area (Å²) in [5.41, 5.74) is 2.29. The fourth-order valence-electron chi connectivity index (χ4n) is 2.39. The Morgan fingerprint density at radius 1 is 0.947 bits per heavy atom. The minimum Gasteiger partial charge on any atom is -0.296 e. The number of hydrogen-bond acceptors (Lipinski definition) is 4. The number of ketones is 2. The van der Waals surface area contributed by atoms with Crippen molar-refractivity contribution in [2.24, 2.45) is 0 Å². The van der Waals surface area contributed by atoms with Gasteiger partial charge in [-0.2, -0.15) is 0 Å². The van der Waals surface area contributed by atoms with E-state index in [0.29, 0.717) is 22.6 Å². The van der Waals surface area contributed by atoms with Crippen molar-refractivity contribution in [2.75, 3.05) is 0 Å². The number of nitrogens with zero attached hydrogens (tertiary/aromatic N) is 3. The molecule has 0 amide bonds. The van der Waals surface area contributed by atoms with Crippen LogP contribution in [-0.2, 0) is 0 Å². The Morgan fingerprint density at radius 2 is 1.84 bits per heavy atom. The van der Waals surface area contributed by atoms with Gasteiger partial charge in [-0.1, -0.05) is 6.07 Å². The van der Waals surface area contributed by atoms with Crippen molar-refractivity contribution < 1.29 is 9.59 Å². The Morgan fingerprint density at radius 3 is 2.74 bits per heavy atom. The number of pyridine rings is 2. The monoisotopic (exact) mass is 249 g/mol. The van der Waals surface area contributed by atoms with Crippen molar-refractivity contribution in [3.63, 3.8) is 0 Å². The Balaban J connectivity index is 2.20. The fraction of sp³-hybridized carbons (Fsp3) is 0. The molecule has 1 aliphatic rings. The van der Waals surface area contributed by atoms with Gasteiger partial charge in [-0.25, -0.2) is 4.98 Å². The third-order valence-electron chi connectivity index (χ3n) is 3.23. The quantitative estimate of drug-likeness (QED) is 0.569. The van der Waals surface area contributed by atoms with Gasteiger partial charge >= 0.3 is 0 Å². The van der Waals surface area contributed by atoms with Crippen molar-refractivity contribution in [3.05, 3.63) is 54.1 Å². The molecule has 0 atom stereocenters. The summed E-state index contributed by atoms with van der Waals surface area (Å²) >= 11 is 0. The van der Waals surface area contributed by atoms with Gasteiger partial charge in [0, 0.05) is 18.0 Å². The molecule has 90 valence electrons. The number of Topliss-reactive ketones (excluding diaryl/α,β-unsaturated/α-hetero) is 2. The van der Waals surface area contributed by atoms with Gasteiger partial charge in [-0.3, -0.25) is 19.0 Å². The maximum atomic E-state index is 12.2. The summed E-state index contributed by atoms with van der Waals surface area (Å²) in [5, 5.41) is 0. The van der Waals surface area contributed by atoms with Gasteiger partial charge in [0.15, 0.2) is 0 Å². The van der Waals surface area contributed by atoms with Crippen LogP contribution in [0, 0.1) is 0 Å². The molecular formula is C14H7N3O2. The summed E-state index contributed by atoms with van der Waals surface area (Å²) in [6.45, 7) is 0. The molecule has 4 rings (SSSR count). The summed E-state index contributed by atoms with van der Waals surface area (Å²) < 4.78 is 1.64. The highest BCUT2D eigenvalue weighted by molar-refractivity contribution is 6.52. The number of aromatic nitrogens is 3. The maximum Gasteiger partial charge on any atom is 0.254 e. The van der Waals surface area contributed by atoms with Crippen LogP contribution in [0.15, 0.2) is 42.7 Å². The molecular weight excluding hydrogens is 242 g/mol. The predicted molar refractivity (Wildman–Crippen MR) is 67.1 cm³/mol. The molecule has 5 nitrogen and oxygen atoms in total. The van der Waals surface area contributed by atoms with Crippen LogP contribution >= 0.6 is 0 Å². The van der Waals surface area contributed by atoms with E-state index in [4.69, 9.17) is 0 Å². The lowest BCUT2D eigenvalue weighted by Crippen LogP contribution is -2.23. The molecule has 3 aromatic heterocycles. The second kappa shape index (κ2) is 3.35. The highest BCUT2D eigenvalue weighted by Gasteiger charge is 2.35. The van der Waals surface area contributed by atoms with Crippen LogP contribution in [-0.4, -0.2) is 25.9 Å². The Bertz CT molecular complexity index is 864. The number of imidazole rings is 1. The molecule has 3 heterocycles. The topological polar surface area (TPSA) is 64.3 Å². The number of carbonyl (C=O) groups excluding carboxylic acids is 2. The molecule has 0 spiro atoms. The summed E-state index contributed by atoms with van der Waals surface area (Å²) in [6, 6.07) is 8.93.